The highest BCUT2D eigenvalue weighted by Crippen LogP contribution is 2.21. The van der Waals surface area contributed by atoms with Gasteiger partial charge in [-0.15, -0.1) is 0 Å². The van der Waals surface area contributed by atoms with Gasteiger partial charge in [0.15, 0.2) is 0 Å². The van der Waals surface area contributed by atoms with Crippen molar-refractivity contribution < 1.29 is 9.90 Å². The molecule has 0 aromatic heterocycles. The maximum absolute atomic E-state index is 10.6. The third kappa shape index (κ3) is 8.26. The van der Waals surface area contributed by atoms with Gasteiger partial charge in [-0.3, -0.25) is 4.79 Å². The Hall–Kier alpha value is 0.430. The fraction of sp³-hybridized carbons (Fsp3) is 0.909. The Morgan fingerprint density at radius 3 is 2.20 bits per heavy atom. The summed E-state index contributed by atoms with van der Waals surface area (Å²) in [7, 11) is 0. The smallest absolute Gasteiger partial charge is 0.318 e. The van der Waals surface area contributed by atoms with E-state index in [0.717, 1.165) is 12.8 Å². The summed E-state index contributed by atoms with van der Waals surface area (Å²) in [6, 6.07) is 0. The average Bonchev–Trinajstić information content (AvgIpc) is 2.21. The molecule has 2 nitrogen and oxygen atoms in total. The van der Waals surface area contributed by atoms with Crippen molar-refractivity contribution in [2.45, 2.75) is 61.5 Å². The van der Waals surface area contributed by atoms with Crippen LogP contribution in [0.2, 0.25) is 0 Å². The number of alkyl halides is 2. The highest BCUT2D eigenvalue weighted by atomic mass is 79.9. The molecule has 2 unspecified atom stereocenters. The van der Waals surface area contributed by atoms with Crippen LogP contribution < -0.4 is 0 Å². The van der Waals surface area contributed by atoms with Crippen molar-refractivity contribution in [3.63, 3.8) is 0 Å². The standard InChI is InChI=1S/C11H20Br2O2/c1-2-3-4-5-6-7-8-9(12)10(13)11(14)15/h9-10H,2-8H2,1H3,(H,14,15). The predicted octanol–water partition coefficient (Wildman–Crippen LogP) is 4.35. The van der Waals surface area contributed by atoms with E-state index in [2.05, 4.69) is 38.8 Å². The maximum atomic E-state index is 10.6. The van der Waals surface area contributed by atoms with E-state index in [1.54, 1.807) is 0 Å². The lowest BCUT2D eigenvalue weighted by molar-refractivity contribution is -0.136. The summed E-state index contributed by atoms with van der Waals surface area (Å²) < 4.78 is 0. The van der Waals surface area contributed by atoms with Crippen LogP contribution in [0, 0.1) is 0 Å². The normalized spacial score (nSPS) is 14.9. The summed E-state index contributed by atoms with van der Waals surface area (Å²) >= 11 is 6.55. The van der Waals surface area contributed by atoms with Crippen molar-refractivity contribution in [3.8, 4) is 0 Å². The van der Waals surface area contributed by atoms with Crippen LogP contribution >= 0.6 is 31.9 Å². The van der Waals surface area contributed by atoms with E-state index in [1.807, 2.05) is 0 Å². The largest absolute Gasteiger partial charge is 0.480 e. The molecule has 0 aliphatic rings. The van der Waals surface area contributed by atoms with Gasteiger partial charge in [-0.2, -0.15) is 0 Å². The second-order valence-corrected chi connectivity index (χ2v) is 5.98. The number of carboxylic acids is 1. The van der Waals surface area contributed by atoms with E-state index in [-0.39, 0.29) is 4.83 Å². The van der Waals surface area contributed by atoms with E-state index in [0.29, 0.717) is 0 Å². The molecule has 0 aliphatic carbocycles. The van der Waals surface area contributed by atoms with Crippen molar-refractivity contribution in [3.05, 3.63) is 0 Å². The maximum Gasteiger partial charge on any atom is 0.318 e. The Morgan fingerprint density at radius 1 is 1.13 bits per heavy atom. The van der Waals surface area contributed by atoms with E-state index < -0.39 is 10.8 Å². The molecule has 0 aliphatic heterocycles. The second kappa shape index (κ2) is 9.64. The molecule has 0 aromatic rings. The molecule has 0 fully saturated rings. The lowest BCUT2D eigenvalue weighted by Crippen LogP contribution is -2.23. The van der Waals surface area contributed by atoms with Gasteiger partial charge in [0.05, 0.1) is 0 Å². The number of aliphatic carboxylic acids is 1. The van der Waals surface area contributed by atoms with Gasteiger partial charge < -0.3 is 5.11 Å². The van der Waals surface area contributed by atoms with Crippen LogP contribution in [0.15, 0.2) is 0 Å². The molecule has 0 spiro atoms. The van der Waals surface area contributed by atoms with Crippen LogP contribution in [-0.4, -0.2) is 20.7 Å². The number of carboxylic acid groups (broad SMARTS) is 1. The molecule has 0 saturated carbocycles. The summed E-state index contributed by atoms with van der Waals surface area (Å²) in [5.41, 5.74) is 0. The van der Waals surface area contributed by atoms with Gasteiger partial charge in [-0.1, -0.05) is 77.3 Å². The van der Waals surface area contributed by atoms with Gasteiger partial charge in [0.1, 0.15) is 4.83 Å². The Kier molecular flexibility index (Phi) is 9.92. The molecule has 0 saturated heterocycles. The molecule has 0 aromatic carbocycles. The quantitative estimate of drug-likeness (QED) is 0.499. The van der Waals surface area contributed by atoms with Gasteiger partial charge in [0.2, 0.25) is 0 Å². The predicted molar refractivity (Wildman–Crippen MR) is 71.1 cm³/mol. The van der Waals surface area contributed by atoms with Crippen molar-refractivity contribution in [2.24, 2.45) is 0 Å². The molecule has 0 rings (SSSR count). The van der Waals surface area contributed by atoms with Crippen LogP contribution in [0.5, 0.6) is 0 Å². The average molecular weight is 344 g/mol. The molecule has 0 amide bonds. The zero-order valence-corrected chi connectivity index (χ0v) is 12.4. The molecule has 1 N–H and O–H groups in total. The highest BCUT2D eigenvalue weighted by molar-refractivity contribution is 9.12. The van der Waals surface area contributed by atoms with E-state index in [9.17, 15) is 4.79 Å². The highest BCUT2D eigenvalue weighted by Gasteiger charge is 2.21. The van der Waals surface area contributed by atoms with E-state index >= 15 is 0 Å². The molecule has 4 heteroatoms. The van der Waals surface area contributed by atoms with Crippen LogP contribution in [0.4, 0.5) is 0 Å². The zero-order chi connectivity index (χ0) is 11.7. The zero-order valence-electron chi connectivity index (χ0n) is 9.22. The van der Waals surface area contributed by atoms with Crippen LogP contribution in [0.1, 0.15) is 51.9 Å². The first-order chi connectivity index (χ1) is 7.09. The molecule has 15 heavy (non-hydrogen) atoms. The minimum Gasteiger partial charge on any atom is -0.480 e. The van der Waals surface area contributed by atoms with Gasteiger partial charge in [-0.25, -0.2) is 0 Å². The number of rotatable bonds is 9. The minimum atomic E-state index is -0.789. The molecular weight excluding hydrogens is 324 g/mol. The van der Waals surface area contributed by atoms with Gasteiger partial charge in [-0.05, 0) is 6.42 Å². The molecule has 0 bridgehead atoms. The molecule has 0 heterocycles. The van der Waals surface area contributed by atoms with Crippen molar-refractivity contribution in [2.75, 3.05) is 0 Å². The first-order valence-corrected chi connectivity index (χ1v) is 7.43. The summed E-state index contributed by atoms with van der Waals surface area (Å²) in [4.78, 5) is 10.2. The molecule has 0 radical (unpaired) electrons. The van der Waals surface area contributed by atoms with E-state index in [1.165, 1.54) is 32.1 Å². The Balaban J connectivity index is 3.38. The number of carbonyl (C=O) groups is 1. The Morgan fingerprint density at radius 2 is 1.67 bits per heavy atom. The van der Waals surface area contributed by atoms with Crippen molar-refractivity contribution in [1.29, 1.82) is 0 Å². The molecular formula is C11H20Br2O2. The first kappa shape index (κ1) is 15.4. The summed E-state index contributed by atoms with van der Waals surface area (Å²) in [6.07, 6.45) is 8.40. The summed E-state index contributed by atoms with van der Waals surface area (Å²) in [5.74, 6) is -0.789. The number of hydrogen-bond donors (Lipinski definition) is 1. The third-order valence-electron chi connectivity index (χ3n) is 2.39. The van der Waals surface area contributed by atoms with Gasteiger partial charge >= 0.3 is 5.97 Å². The summed E-state index contributed by atoms with van der Waals surface area (Å²) in [5, 5.41) is 8.75. The van der Waals surface area contributed by atoms with Crippen molar-refractivity contribution in [1.82, 2.24) is 0 Å². The molecule has 2 atom stereocenters. The van der Waals surface area contributed by atoms with Crippen LogP contribution in [-0.2, 0) is 4.79 Å². The molecule has 90 valence electrons. The lowest BCUT2D eigenvalue weighted by Gasteiger charge is -2.12. The number of unbranched alkanes of at least 4 members (excludes halogenated alkanes) is 5. The van der Waals surface area contributed by atoms with E-state index in [4.69, 9.17) is 5.11 Å². The van der Waals surface area contributed by atoms with Gasteiger partial charge in [0, 0.05) is 4.83 Å². The first-order valence-electron chi connectivity index (χ1n) is 5.60. The topological polar surface area (TPSA) is 37.3 Å². The summed E-state index contributed by atoms with van der Waals surface area (Å²) in [6.45, 7) is 2.21. The third-order valence-corrected chi connectivity index (χ3v) is 5.11. The minimum absolute atomic E-state index is 0.0428. The second-order valence-electron chi connectivity index (χ2n) is 3.81. The number of hydrogen-bond acceptors (Lipinski definition) is 1. The van der Waals surface area contributed by atoms with Crippen LogP contribution in [0.25, 0.3) is 0 Å². The SMILES string of the molecule is CCCCCCCCC(Br)C(Br)C(=O)O. The fourth-order valence-electron chi connectivity index (χ4n) is 1.42. The van der Waals surface area contributed by atoms with Crippen molar-refractivity contribution >= 4 is 37.8 Å². The Bertz CT molecular complexity index is 174. The fourth-order valence-corrected chi connectivity index (χ4v) is 2.23. The van der Waals surface area contributed by atoms with Gasteiger partial charge in [0.25, 0.3) is 0 Å². The Labute approximate surface area is 109 Å². The monoisotopic (exact) mass is 342 g/mol. The lowest BCUT2D eigenvalue weighted by atomic mass is 10.1. The number of halogens is 2. The van der Waals surface area contributed by atoms with Crippen LogP contribution in [0.3, 0.4) is 0 Å².